The van der Waals surface area contributed by atoms with Crippen LogP contribution in [-0.4, -0.2) is 17.0 Å². The maximum atomic E-state index is 4.39. The molecule has 4 nitrogen and oxygen atoms in total. The van der Waals surface area contributed by atoms with Gasteiger partial charge < -0.3 is 10.6 Å². The normalized spacial score (nSPS) is 10.3. The number of aromatic nitrogens is 2. The van der Waals surface area contributed by atoms with Crippen molar-refractivity contribution >= 4 is 17.5 Å². The van der Waals surface area contributed by atoms with Crippen molar-refractivity contribution in [2.75, 3.05) is 17.7 Å². The Labute approximate surface area is 120 Å². The molecule has 20 heavy (non-hydrogen) atoms. The number of aryl methyl sites for hydroxylation is 2. The lowest BCUT2D eigenvalue weighted by Gasteiger charge is -2.09. The van der Waals surface area contributed by atoms with E-state index >= 15 is 0 Å². The van der Waals surface area contributed by atoms with Crippen molar-refractivity contribution in [2.24, 2.45) is 0 Å². The highest BCUT2D eigenvalue weighted by molar-refractivity contribution is 5.57. The predicted molar refractivity (Wildman–Crippen MR) is 84.7 cm³/mol. The van der Waals surface area contributed by atoms with Gasteiger partial charge in [-0.2, -0.15) is 4.98 Å². The highest BCUT2D eigenvalue weighted by atomic mass is 15.1. The third-order valence-electron chi connectivity index (χ3n) is 3.12. The van der Waals surface area contributed by atoms with Crippen LogP contribution in [0.3, 0.4) is 0 Å². The van der Waals surface area contributed by atoms with Crippen LogP contribution >= 0.6 is 0 Å². The molecular weight excluding hydrogens is 248 g/mol. The fraction of sp³-hybridized carbons (Fsp3) is 0.375. The van der Waals surface area contributed by atoms with Crippen molar-refractivity contribution in [1.82, 2.24) is 9.97 Å². The molecule has 0 fully saturated rings. The van der Waals surface area contributed by atoms with Gasteiger partial charge in [-0.3, -0.25) is 0 Å². The van der Waals surface area contributed by atoms with E-state index in [-0.39, 0.29) is 0 Å². The first-order valence-electron chi connectivity index (χ1n) is 7.10. The zero-order chi connectivity index (χ0) is 14.4. The number of nitrogens with zero attached hydrogens (tertiary/aromatic N) is 2. The molecule has 0 unspecified atom stereocenters. The molecular formula is C16H22N4. The number of nitrogens with one attached hydrogen (secondary N) is 2. The maximum Gasteiger partial charge on any atom is 0.224 e. The SMILES string of the molecule is CCCCc1ccc(Nc2cc(C)nc(NC)n2)cc1. The second-order valence-corrected chi connectivity index (χ2v) is 4.89. The largest absolute Gasteiger partial charge is 0.357 e. The highest BCUT2D eigenvalue weighted by Crippen LogP contribution is 2.18. The summed E-state index contributed by atoms with van der Waals surface area (Å²) in [5.41, 5.74) is 3.36. The number of unbranched alkanes of at least 4 members (excludes halogenated alkanes) is 1. The van der Waals surface area contributed by atoms with E-state index in [4.69, 9.17) is 0 Å². The Morgan fingerprint density at radius 2 is 1.85 bits per heavy atom. The third kappa shape index (κ3) is 3.95. The molecule has 0 aliphatic carbocycles. The summed E-state index contributed by atoms with van der Waals surface area (Å²) in [5.74, 6) is 1.44. The summed E-state index contributed by atoms with van der Waals surface area (Å²) in [5, 5.41) is 6.28. The molecule has 0 amide bonds. The molecule has 106 valence electrons. The average Bonchev–Trinajstić information content (AvgIpc) is 2.46. The molecule has 2 rings (SSSR count). The van der Waals surface area contributed by atoms with Crippen LogP contribution in [0.4, 0.5) is 17.5 Å². The van der Waals surface area contributed by atoms with Gasteiger partial charge in [-0.1, -0.05) is 25.5 Å². The van der Waals surface area contributed by atoms with Gasteiger partial charge in [0.1, 0.15) is 5.82 Å². The molecule has 0 saturated carbocycles. The molecule has 2 N–H and O–H groups in total. The zero-order valence-corrected chi connectivity index (χ0v) is 12.4. The maximum absolute atomic E-state index is 4.39. The molecule has 0 aliphatic rings. The van der Waals surface area contributed by atoms with Crippen molar-refractivity contribution in [3.05, 3.63) is 41.6 Å². The summed E-state index contributed by atoms with van der Waals surface area (Å²) < 4.78 is 0. The molecule has 0 spiro atoms. The molecule has 0 atom stereocenters. The van der Waals surface area contributed by atoms with Crippen LogP contribution in [0.1, 0.15) is 31.0 Å². The van der Waals surface area contributed by atoms with Crippen LogP contribution in [0.2, 0.25) is 0 Å². The molecule has 1 aromatic heterocycles. The quantitative estimate of drug-likeness (QED) is 0.835. The number of rotatable bonds is 6. The summed E-state index contributed by atoms with van der Waals surface area (Å²) in [6.45, 7) is 4.17. The van der Waals surface area contributed by atoms with Crippen LogP contribution in [0.25, 0.3) is 0 Å². The van der Waals surface area contributed by atoms with Crippen LogP contribution in [0, 0.1) is 6.92 Å². The topological polar surface area (TPSA) is 49.8 Å². The van der Waals surface area contributed by atoms with Gasteiger partial charge in [-0.25, -0.2) is 4.98 Å². The van der Waals surface area contributed by atoms with Gasteiger partial charge in [0, 0.05) is 24.5 Å². The lowest BCUT2D eigenvalue weighted by Crippen LogP contribution is -2.02. The first-order chi connectivity index (χ1) is 9.71. The standard InChI is InChI=1S/C16H22N4/c1-4-5-6-13-7-9-14(10-8-13)19-15-11-12(2)18-16(17-3)20-15/h7-11H,4-6H2,1-3H3,(H2,17,18,19,20). The van der Waals surface area contributed by atoms with E-state index in [2.05, 4.69) is 51.8 Å². The van der Waals surface area contributed by atoms with E-state index in [9.17, 15) is 0 Å². The fourth-order valence-electron chi connectivity index (χ4n) is 2.03. The van der Waals surface area contributed by atoms with E-state index < -0.39 is 0 Å². The molecule has 0 saturated heterocycles. The van der Waals surface area contributed by atoms with Gasteiger partial charge in [0.25, 0.3) is 0 Å². The lowest BCUT2D eigenvalue weighted by molar-refractivity contribution is 0.795. The second kappa shape index (κ2) is 6.89. The van der Waals surface area contributed by atoms with E-state index in [1.54, 1.807) is 0 Å². The number of benzene rings is 1. The molecule has 2 aromatic rings. The molecule has 1 heterocycles. The van der Waals surface area contributed by atoms with Crippen molar-refractivity contribution < 1.29 is 0 Å². The Balaban J connectivity index is 2.07. The third-order valence-corrected chi connectivity index (χ3v) is 3.12. The minimum atomic E-state index is 0.632. The summed E-state index contributed by atoms with van der Waals surface area (Å²) >= 11 is 0. The van der Waals surface area contributed by atoms with E-state index in [0.29, 0.717) is 5.95 Å². The van der Waals surface area contributed by atoms with E-state index in [1.165, 1.54) is 18.4 Å². The van der Waals surface area contributed by atoms with Gasteiger partial charge in [0.15, 0.2) is 0 Å². The Morgan fingerprint density at radius 3 is 2.50 bits per heavy atom. The van der Waals surface area contributed by atoms with Gasteiger partial charge in [-0.15, -0.1) is 0 Å². The summed E-state index contributed by atoms with van der Waals surface area (Å²) in [6, 6.07) is 10.5. The molecule has 4 heteroatoms. The minimum Gasteiger partial charge on any atom is -0.357 e. The monoisotopic (exact) mass is 270 g/mol. The van der Waals surface area contributed by atoms with Crippen LogP contribution in [0.5, 0.6) is 0 Å². The summed E-state index contributed by atoms with van der Waals surface area (Å²) in [4.78, 5) is 8.67. The van der Waals surface area contributed by atoms with Crippen LogP contribution in [-0.2, 0) is 6.42 Å². The molecule has 1 aromatic carbocycles. The smallest absolute Gasteiger partial charge is 0.224 e. The molecule has 0 bridgehead atoms. The second-order valence-electron chi connectivity index (χ2n) is 4.89. The number of hydrogen-bond acceptors (Lipinski definition) is 4. The average molecular weight is 270 g/mol. The van der Waals surface area contributed by atoms with Crippen LogP contribution in [0.15, 0.2) is 30.3 Å². The zero-order valence-electron chi connectivity index (χ0n) is 12.4. The number of hydrogen-bond donors (Lipinski definition) is 2. The predicted octanol–water partition coefficient (Wildman–Crippen LogP) is 3.91. The van der Waals surface area contributed by atoms with Gasteiger partial charge in [0.2, 0.25) is 5.95 Å². The Hall–Kier alpha value is -2.10. The van der Waals surface area contributed by atoms with Gasteiger partial charge >= 0.3 is 0 Å². The summed E-state index contributed by atoms with van der Waals surface area (Å²) in [7, 11) is 1.82. The van der Waals surface area contributed by atoms with E-state index in [0.717, 1.165) is 23.6 Å². The first kappa shape index (κ1) is 14.3. The van der Waals surface area contributed by atoms with Gasteiger partial charge in [-0.05, 0) is 37.5 Å². The minimum absolute atomic E-state index is 0.632. The first-order valence-corrected chi connectivity index (χ1v) is 7.10. The molecule has 0 radical (unpaired) electrons. The van der Waals surface area contributed by atoms with Crippen LogP contribution < -0.4 is 10.6 Å². The Kier molecular flexibility index (Phi) is 4.93. The van der Waals surface area contributed by atoms with Crippen molar-refractivity contribution in [2.45, 2.75) is 33.1 Å². The molecule has 0 aliphatic heterocycles. The Morgan fingerprint density at radius 1 is 1.10 bits per heavy atom. The Bertz CT molecular complexity index is 549. The highest BCUT2D eigenvalue weighted by Gasteiger charge is 2.01. The lowest BCUT2D eigenvalue weighted by atomic mass is 10.1. The number of anilines is 3. The van der Waals surface area contributed by atoms with Crippen molar-refractivity contribution in [3.8, 4) is 0 Å². The van der Waals surface area contributed by atoms with Gasteiger partial charge in [0.05, 0.1) is 0 Å². The summed E-state index contributed by atoms with van der Waals surface area (Å²) in [6.07, 6.45) is 3.61. The fourth-order valence-corrected chi connectivity index (χ4v) is 2.03. The van der Waals surface area contributed by atoms with Crippen molar-refractivity contribution in [1.29, 1.82) is 0 Å². The van der Waals surface area contributed by atoms with E-state index in [1.807, 2.05) is 20.0 Å². The van der Waals surface area contributed by atoms with Crippen molar-refractivity contribution in [3.63, 3.8) is 0 Å².